The number of carboxylic acid groups (broad SMARTS) is 4. The van der Waals surface area contributed by atoms with Crippen LogP contribution in [0.5, 0.6) is 0 Å². The van der Waals surface area contributed by atoms with Crippen molar-refractivity contribution in [3.63, 3.8) is 0 Å². The van der Waals surface area contributed by atoms with Crippen LogP contribution in [-0.4, -0.2) is 63.5 Å². The zero-order chi connectivity index (χ0) is 18.3. The summed E-state index contributed by atoms with van der Waals surface area (Å²) in [6, 6.07) is 0. The minimum atomic E-state index is -0.583. The van der Waals surface area contributed by atoms with E-state index in [0.29, 0.717) is 0 Å². The van der Waals surface area contributed by atoms with E-state index in [4.69, 9.17) is 58.7 Å². The molecule has 0 spiro atoms. The van der Waals surface area contributed by atoms with Crippen LogP contribution in [-0.2, 0) is 36.4 Å². The molecule has 12 heteroatoms. The summed E-state index contributed by atoms with van der Waals surface area (Å²) in [4.78, 5) is 30.1. The van der Waals surface area contributed by atoms with Gasteiger partial charge in [0.05, 0.1) is 27.7 Å². The number of carboxylic acids is 4. The molecule has 0 rings (SSSR count). The fraction of sp³-hybridized carbons (Fsp3) is 0.500. The Morgan fingerprint density at radius 1 is 0.550 bits per heavy atom. The van der Waals surface area contributed by atoms with E-state index in [-0.39, 0.29) is 0 Å². The number of aliphatic hydroxyl groups excluding tert-OH is 4. The van der Waals surface area contributed by atoms with Gasteiger partial charge in [0.25, 0.3) is 0 Å². The van der Waals surface area contributed by atoms with Gasteiger partial charge in [-0.2, -0.15) is 0 Å². The van der Waals surface area contributed by atoms with E-state index in [1.807, 2.05) is 0 Å². The van der Waals surface area contributed by atoms with Crippen molar-refractivity contribution >= 4 is 42.9 Å². The molecule has 0 aliphatic rings. The minimum absolute atomic E-state index is 0.583. The van der Waals surface area contributed by atoms with Crippen LogP contribution in [0.1, 0.15) is 27.7 Å². The first kappa shape index (κ1) is 36.7. The number of halogens is 2. The van der Waals surface area contributed by atoms with Gasteiger partial charge in [0.2, 0.25) is 0 Å². The molecule has 0 aromatic heterocycles. The molecule has 0 saturated heterocycles. The molecule has 0 fully saturated rings. The maximum absolute atomic E-state index is 7.53. The van der Waals surface area contributed by atoms with E-state index in [2.05, 4.69) is 0 Å². The molecule has 20 heavy (non-hydrogen) atoms. The van der Waals surface area contributed by atoms with Crippen LogP contribution in [0.3, 0.4) is 0 Å². The third kappa shape index (κ3) is 108000. The molecule has 0 unspecified atom stereocenters. The second kappa shape index (κ2) is 42.8. The molecule has 0 heterocycles. The summed E-state index contributed by atoms with van der Waals surface area (Å²) in [5.41, 5.74) is 0. The monoisotopic (exact) mass is 688 g/mol. The topological polar surface area (TPSA) is 167 Å². The summed E-state index contributed by atoms with van der Waals surface area (Å²) < 4.78 is 0. The summed E-state index contributed by atoms with van der Waals surface area (Å²) in [5, 5.41) is 30.1. The first-order valence-electron chi connectivity index (χ1n) is 4.07. The zero-order valence-corrected chi connectivity index (χ0v) is 18.0. The van der Waals surface area contributed by atoms with Crippen LogP contribution >= 0.6 is 19.1 Å². The number of aliphatic carboxylic acids is 4. The number of hydrogen-bond donors (Lipinski definition) is 4. The summed E-state index contributed by atoms with van der Waals surface area (Å²) >= 11 is 2.39. The normalized spacial score (nSPS) is 5.60. The van der Waals surface area contributed by atoms with Gasteiger partial charge in [0.1, 0.15) is 0 Å². The molecular weight excluding hydrogens is 667 g/mol. The summed E-state index contributed by atoms with van der Waals surface area (Å²) in [5.74, 6) is -2.33. The molecule has 8 N–H and O–H groups in total. The van der Waals surface area contributed by atoms with Crippen LogP contribution in [0, 0.1) is 0 Å². The Kier molecular flexibility index (Phi) is 78.6. The molecular formula is C8H20Cl2O8Re2+4. The first-order valence-corrected chi connectivity index (χ1v) is 10.8. The van der Waals surface area contributed by atoms with Gasteiger partial charge in [-0.3, -0.25) is 0 Å². The Balaban J connectivity index is -0.0000000301. The van der Waals surface area contributed by atoms with E-state index in [9.17, 15) is 0 Å². The molecule has 0 bridgehead atoms. The van der Waals surface area contributed by atoms with Crippen LogP contribution in [0.15, 0.2) is 0 Å². The molecule has 8 nitrogen and oxygen atoms in total. The SMILES string of the molecule is CC(O)=[OH+].CC(O)=[OH+].CC(O)=[OH+].CC(O)=[OH+].[Cl][Re].[Cl][Re]. The molecule has 0 saturated carbocycles. The molecule has 0 aromatic rings. The summed E-state index contributed by atoms with van der Waals surface area (Å²) in [6.07, 6.45) is 0. The van der Waals surface area contributed by atoms with Gasteiger partial charge in [-0.25, -0.2) is 0 Å². The van der Waals surface area contributed by atoms with Crippen molar-refractivity contribution in [3.8, 4) is 0 Å². The van der Waals surface area contributed by atoms with Crippen molar-refractivity contribution in [2.24, 2.45) is 0 Å². The maximum atomic E-state index is 7.53. The fourth-order valence-electron chi connectivity index (χ4n) is 0. The van der Waals surface area contributed by atoms with Gasteiger partial charge in [0.15, 0.2) is 0 Å². The van der Waals surface area contributed by atoms with Gasteiger partial charge in [-0.15, -0.1) is 0 Å². The Morgan fingerprint density at radius 2 is 0.550 bits per heavy atom. The number of hydrogen-bond acceptors (Lipinski definition) is 0. The zero-order valence-electron chi connectivity index (χ0n) is 11.1. The van der Waals surface area contributed by atoms with Crippen molar-refractivity contribution in [1.82, 2.24) is 0 Å². The van der Waals surface area contributed by atoms with E-state index in [1.165, 1.54) is 64.1 Å². The Bertz CT molecular complexity index is 175. The predicted molar refractivity (Wildman–Crippen MR) is 72.7 cm³/mol. The van der Waals surface area contributed by atoms with Crippen LogP contribution in [0.25, 0.3) is 0 Å². The van der Waals surface area contributed by atoms with E-state index < -0.39 is 23.9 Å². The Morgan fingerprint density at radius 3 is 0.550 bits per heavy atom. The molecule has 0 atom stereocenters. The second-order valence-corrected chi connectivity index (χ2v) is 2.19. The average Bonchev–Trinajstić information content (AvgIpc) is 2.19. The van der Waals surface area contributed by atoms with Gasteiger partial charge in [0, 0.05) is 0 Å². The van der Waals surface area contributed by atoms with Gasteiger partial charge < -0.3 is 39.6 Å². The first-order chi connectivity index (χ1) is 8.93. The molecule has 0 aromatic carbocycles. The van der Waals surface area contributed by atoms with Crippen molar-refractivity contribution in [1.29, 1.82) is 0 Å². The molecule has 0 radical (unpaired) electrons. The summed E-state index contributed by atoms with van der Waals surface area (Å²) in [7, 11) is 9.39. The Labute approximate surface area is 146 Å². The van der Waals surface area contributed by atoms with Crippen molar-refractivity contribution in [2.45, 2.75) is 27.7 Å². The average molecular weight is 688 g/mol. The van der Waals surface area contributed by atoms with Crippen molar-refractivity contribution in [2.75, 3.05) is 0 Å². The van der Waals surface area contributed by atoms with E-state index in [1.54, 1.807) is 0 Å². The third-order valence-electron chi connectivity index (χ3n) is 0. The standard InChI is InChI=1S/4C2H4O2.2ClH.2Re/c4*1-2(3)4;;;;/h4*1H3,(H,3,4);2*1H;;/q;;;;;;2*+1/p+2. The van der Waals surface area contributed by atoms with E-state index in [0.717, 1.165) is 0 Å². The van der Waals surface area contributed by atoms with Gasteiger partial charge in [-0.05, 0) is 0 Å². The predicted octanol–water partition coefficient (Wildman–Crippen LogP) is 1.64. The van der Waals surface area contributed by atoms with Crippen molar-refractivity contribution < 1.29 is 76.0 Å². The van der Waals surface area contributed by atoms with Crippen LogP contribution in [0.4, 0.5) is 0 Å². The third-order valence-corrected chi connectivity index (χ3v) is 0. The summed E-state index contributed by atoms with van der Waals surface area (Å²) in [6.45, 7) is 4.78. The molecule has 0 aliphatic carbocycles. The Hall–Kier alpha value is -0.215. The van der Waals surface area contributed by atoms with Crippen LogP contribution in [0.2, 0.25) is 0 Å². The molecule has 0 aliphatic heterocycles. The van der Waals surface area contributed by atoms with Crippen LogP contribution < -0.4 is 0 Å². The van der Waals surface area contributed by atoms with Gasteiger partial charge >= 0.3 is 79.3 Å². The van der Waals surface area contributed by atoms with Gasteiger partial charge in [-0.1, -0.05) is 0 Å². The second-order valence-electron chi connectivity index (χ2n) is 2.19. The molecule has 124 valence electrons. The number of rotatable bonds is 0. The molecule has 0 amide bonds. The quantitative estimate of drug-likeness (QED) is 0.285. The van der Waals surface area contributed by atoms with E-state index >= 15 is 0 Å². The van der Waals surface area contributed by atoms with Crippen molar-refractivity contribution in [3.05, 3.63) is 0 Å². The fourth-order valence-corrected chi connectivity index (χ4v) is 0.